The molecule has 0 aliphatic carbocycles. The fourth-order valence-electron chi connectivity index (χ4n) is 9.37. The maximum Gasteiger partial charge on any atom is 0.189 e. The molecule has 0 radical (unpaired) electrons. The molecule has 0 unspecified atom stereocenters. The molecule has 75 heavy (non-hydrogen) atoms. The highest BCUT2D eigenvalue weighted by Gasteiger charge is 2.23. The Morgan fingerprint density at radius 1 is 0.333 bits per heavy atom. The van der Waals surface area contributed by atoms with Crippen LogP contribution in [0.2, 0.25) is 0 Å². The molecule has 0 spiro atoms. The van der Waals surface area contributed by atoms with Gasteiger partial charge in [-0.1, -0.05) is 133 Å². The SMILES string of the molecule is [C-]#[N+]c1cc(C#N)cc(-c2ccc3c(c2)c2cc(-c4cc(C#N)cc([N+]#[C-])c4)ccc2n3-c2ccc(-c3nc(-c4ccccc4)nc(-c4ccccc4)n3)cc2-c2nc(-c3ccccc3)nc(-c3ccccc3)n2)c1. The molecule has 0 fully saturated rings. The Balaban J connectivity index is 1.16. The molecule has 0 N–H and O–H groups in total. The van der Waals surface area contributed by atoms with Gasteiger partial charge in [0.1, 0.15) is 0 Å². The van der Waals surface area contributed by atoms with E-state index in [1.165, 1.54) is 0 Å². The Hall–Kier alpha value is -11.2. The Bertz CT molecular complexity index is 4080. The van der Waals surface area contributed by atoms with Crippen LogP contribution in [-0.2, 0) is 0 Å². The summed E-state index contributed by atoms with van der Waals surface area (Å²) in [6, 6.07) is 72.5. The maximum absolute atomic E-state index is 9.97. The van der Waals surface area contributed by atoms with Gasteiger partial charge in [-0.3, -0.25) is 0 Å². The van der Waals surface area contributed by atoms with Crippen molar-refractivity contribution in [1.29, 1.82) is 10.5 Å². The van der Waals surface area contributed by atoms with Crippen molar-refractivity contribution < 1.29 is 0 Å². The van der Waals surface area contributed by atoms with E-state index in [0.29, 0.717) is 68.6 Å². The van der Waals surface area contributed by atoms with Crippen LogP contribution in [0.1, 0.15) is 11.1 Å². The zero-order chi connectivity index (χ0) is 50.8. The third-order valence-corrected chi connectivity index (χ3v) is 12.9. The van der Waals surface area contributed by atoms with Crippen LogP contribution in [0.5, 0.6) is 0 Å². The molecule has 11 heteroatoms. The average Bonchev–Trinajstić information content (AvgIpc) is 3.88. The summed E-state index contributed by atoms with van der Waals surface area (Å²) in [5, 5.41) is 21.7. The van der Waals surface area contributed by atoms with E-state index in [0.717, 1.165) is 72.0 Å². The number of hydrogen-bond acceptors (Lipinski definition) is 8. The predicted octanol–water partition coefficient (Wildman–Crippen LogP) is 15.3. The van der Waals surface area contributed by atoms with Gasteiger partial charge in [-0.05, 0) is 101 Å². The molecular weight excluding hydrogens is 923 g/mol. The summed E-state index contributed by atoms with van der Waals surface area (Å²) in [6.45, 7) is 15.6. The van der Waals surface area contributed by atoms with E-state index in [1.54, 1.807) is 36.4 Å². The van der Waals surface area contributed by atoms with E-state index in [4.69, 9.17) is 43.0 Å². The molecular formula is C64H35N11. The number of rotatable bonds is 9. The number of nitriles is 2. The Labute approximate surface area is 430 Å². The molecule has 12 aromatic rings. The quantitative estimate of drug-likeness (QED) is 0.130. The fraction of sp³-hybridized carbons (Fsp3) is 0. The van der Waals surface area contributed by atoms with Gasteiger partial charge in [-0.2, -0.15) is 10.5 Å². The number of fused-ring (bicyclic) bond motifs is 3. The standard InChI is InChI=1S/C64H35N11/c1-67-51-31-40(38-65)29-49(33-51)46-23-26-56-53(35-46)54-36-47(50-30-41(39-66)32-52(34-50)68-2)24-27-57(54)75(56)58-28-25-48(63-71-59(42-15-7-3-8-16-42)69-60(72-63)43-17-9-4-10-18-43)37-55(58)64-73-61(44-19-11-5-12-20-44)70-62(74-64)45-21-13-6-14-22-45/h3-37H. The Morgan fingerprint density at radius 3 is 1.07 bits per heavy atom. The van der Waals surface area contributed by atoms with Gasteiger partial charge < -0.3 is 4.57 Å². The van der Waals surface area contributed by atoms with E-state index in [9.17, 15) is 10.5 Å². The van der Waals surface area contributed by atoms with Crippen molar-refractivity contribution in [1.82, 2.24) is 34.5 Å². The van der Waals surface area contributed by atoms with Gasteiger partial charge in [0.05, 0.1) is 42.0 Å². The minimum Gasteiger partial charge on any atom is -0.308 e. The van der Waals surface area contributed by atoms with Gasteiger partial charge >= 0.3 is 0 Å². The molecule has 0 aliphatic heterocycles. The molecule has 0 atom stereocenters. The third-order valence-electron chi connectivity index (χ3n) is 12.9. The predicted molar refractivity (Wildman–Crippen MR) is 293 cm³/mol. The summed E-state index contributed by atoms with van der Waals surface area (Å²) in [5.41, 5.74) is 11.6. The molecule has 346 valence electrons. The van der Waals surface area contributed by atoms with Crippen molar-refractivity contribution in [2.24, 2.45) is 0 Å². The highest BCUT2D eigenvalue weighted by molar-refractivity contribution is 6.12. The minimum atomic E-state index is 0.360. The summed E-state index contributed by atoms with van der Waals surface area (Å²) >= 11 is 0. The zero-order valence-electron chi connectivity index (χ0n) is 39.6. The van der Waals surface area contributed by atoms with Crippen molar-refractivity contribution >= 4 is 33.2 Å². The van der Waals surface area contributed by atoms with Crippen LogP contribution in [0.4, 0.5) is 11.4 Å². The van der Waals surface area contributed by atoms with Crippen LogP contribution in [0.15, 0.2) is 212 Å². The zero-order valence-corrected chi connectivity index (χ0v) is 39.6. The smallest absolute Gasteiger partial charge is 0.189 e. The third kappa shape index (κ3) is 8.64. The monoisotopic (exact) mass is 957 g/mol. The molecule has 11 nitrogen and oxygen atoms in total. The Morgan fingerprint density at radius 2 is 0.693 bits per heavy atom. The highest BCUT2D eigenvalue weighted by atomic mass is 15.1. The lowest BCUT2D eigenvalue weighted by molar-refractivity contribution is 1.06. The van der Waals surface area contributed by atoms with Crippen molar-refractivity contribution in [3.63, 3.8) is 0 Å². The van der Waals surface area contributed by atoms with Gasteiger partial charge in [0.25, 0.3) is 0 Å². The molecule has 3 aromatic heterocycles. The van der Waals surface area contributed by atoms with E-state index < -0.39 is 0 Å². The first kappa shape index (κ1) is 44.9. The summed E-state index contributed by atoms with van der Waals surface area (Å²) in [6.07, 6.45) is 0. The highest BCUT2D eigenvalue weighted by Crippen LogP contribution is 2.42. The van der Waals surface area contributed by atoms with E-state index in [-0.39, 0.29) is 0 Å². The second kappa shape index (κ2) is 19.2. The lowest BCUT2D eigenvalue weighted by Gasteiger charge is -2.16. The van der Waals surface area contributed by atoms with Crippen LogP contribution >= 0.6 is 0 Å². The molecule has 0 saturated heterocycles. The first-order valence-electron chi connectivity index (χ1n) is 23.8. The normalized spacial score (nSPS) is 10.9. The Kier molecular flexibility index (Phi) is 11.5. The molecule has 12 rings (SSSR count). The van der Waals surface area contributed by atoms with Gasteiger partial charge in [-0.25, -0.2) is 39.6 Å². The van der Waals surface area contributed by atoms with Crippen molar-refractivity contribution in [2.45, 2.75) is 0 Å². The van der Waals surface area contributed by atoms with E-state index in [2.05, 4.69) is 50.7 Å². The topological polar surface area (TPSA) is 139 Å². The maximum atomic E-state index is 9.97. The van der Waals surface area contributed by atoms with Gasteiger partial charge in [0.15, 0.2) is 46.3 Å². The molecule has 0 aliphatic rings. The van der Waals surface area contributed by atoms with Crippen LogP contribution in [-0.4, -0.2) is 34.5 Å². The average molecular weight is 958 g/mol. The number of nitrogens with zero attached hydrogens (tertiary/aromatic N) is 11. The van der Waals surface area contributed by atoms with Crippen LogP contribution in [0, 0.1) is 35.8 Å². The molecule has 0 saturated carbocycles. The number of benzene rings is 9. The summed E-state index contributed by atoms with van der Waals surface area (Å²) in [4.78, 5) is 38.2. The van der Waals surface area contributed by atoms with Gasteiger partial charge in [0, 0.05) is 55.3 Å². The van der Waals surface area contributed by atoms with Crippen LogP contribution in [0.3, 0.4) is 0 Å². The summed E-state index contributed by atoms with van der Waals surface area (Å²) in [5.74, 6) is 2.87. The van der Waals surface area contributed by atoms with Gasteiger partial charge in [0.2, 0.25) is 0 Å². The first-order chi connectivity index (χ1) is 36.9. The second-order valence-electron chi connectivity index (χ2n) is 17.6. The minimum absolute atomic E-state index is 0.360. The van der Waals surface area contributed by atoms with Crippen molar-refractivity contribution in [3.05, 3.63) is 246 Å². The summed E-state index contributed by atoms with van der Waals surface area (Å²) < 4.78 is 2.19. The largest absolute Gasteiger partial charge is 0.308 e. The first-order valence-corrected chi connectivity index (χ1v) is 23.8. The van der Waals surface area contributed by atoms with E-state index >= 15 is 0 Å². The molecule has 9 aromatic carbocycles. The van der Waals surface area contributed by atoms with Crippen molar-refractivity contribution in [3.8, 4) is 108 Å². The van der Waals surface area contributed by atoms with E-state index in [1.807, 2.05) is 152 Å². The molecule has 0 bridgehead atoms. The second-order valence-corrected chi connectivity index (χ2v) is 17.6. The lowest BCUT2D eigenvalue weighted by Crippen LogP contribution is -2.05. The van der Waals surface area contributed by atoms with Crippen LogP contribution < -0.4 is 0 Å². The fourth-order valence-corrected chi connectivity index (χ4v) is 9.37. The number of hydrogen-bond donors (Lipinski definition) is 0. The summed E-state index contributed by atoms with van der Waals surface area (Å²) in [7, 11) is 0. The van der Waals surface area contributed by atoms with Gasteiger partial charge in [-0.15, -0.1) is 0 Å². The molecule has 0 amide bonds. The lowest BCUT2D eigenvalue weighted by atomic mass is 9.98. The molecule has 3 heterocycles. The number of aromatic nitrogens is 7. The van der Waals surface area contributed by atoms with Crippen molar-refractivity contribution in [2.75, 3.05) is 0 Å². The van der Waals surface area contributed by atoms with Crippen LogP contribution in [0.25, 0.3) is 128 Å².